The van der Waals surface area contributed by atoms with Gasteiger partial charge in [-0.25, -0.2) is 0 Å². The zero-order chi connectivity index (χ0) is 11.6. The first kappa shape index (κ1) is 12.3. The zero-order valence-electron chi connectivity index (χ0n) is 9.86. The minimum absolute atomic E-state index is 0.404. The molecule has 15 heavy (non-hydrogen) atoms. The highest BCUT2D eigenvalue weighted by molar-refractivity contribution is 6.58. The number of hydrogen-bond donors (Lipinski definition) is 2. The second-order valence-corrected chi connectivity index (χ2v) is 4.57. The molecule has 0 bridgehead atoms. The van der Waals surface area contributed by atoms with E-state index in [1.54, 1.807) is 6.07 Å². The van der Waals surface area contributed by atoms with Gasteiger partial charge in [0.1, 0.15) is 0 Å². The van der Waals surface area contributed by atoms with Gasteiger partial charge in [-0.15, -0.1) is 0 Å². The maximum absolute atomic E-state index is 9.11. The molecule has 0 heterocycles. The average molecular weight is 206 g/mol. The molecule has 0 unspecified atom stereocenters. The number of rotatable bonds is 3. The lowest BCUT2D eigenvalue weighted by molar-refractivity contribution is 0.425. The molecule has 0 aliphatic rings. The van der Waals surface area contributed by atoms with E-state index < -0.39 is 7.12 Å². The van der Waals surface area contributed by atoms with Crippen LogP contribution in [-0.2, 0) is 0 Å². The first-order chi connectivity index (χ1) is 6.93. The zero-order valence-corrected chi connectivity index (χ0v) is 9.86. The summed E-state index contributed by atoms with van der Waals surface area (Å²) in [6, 6.07) is 5.67. The molecular formula is C12H19BO2. The standard InChI is InChI=1S/C12H19BO2/c1-8(2)11-6-5-10(13(14)15)7-12(11)9(3)4/h5-9,14-15H,1-4H3. The van der Waals surface area contributed by atoms with E-state index in [1.807, 2.05) is 12.1 Å². The van der Waals surface area contributed by atoms with E-state index in [2.05, 4.69) is 27.7 Å². The van der Waals surface area contributed by atoms with E-state index in [1.165, 1.54) is 11.1 Å². The molecule has 82 valence electrons. The third-order valence-electron chi connectivity index (χ3n) is 2.65. The van der Waals surface area contributed by atoms with Gasteiger partial charge in [0.05, 0.1) is 0 Å². The van der Waals surface area contributed by atoms with Crippen molar-refractivity contribution in [2.75, 3.05) is 0 Å². The van der Waals surface area contributed by atoms with E-state index in [9.17, 15) is 0 Å². The van der Waals surface area contributed by atoms with Crippen LogP contribution in [0.2, 0.25) is 0 Å². The highest BCUT2D eigenvalue weighted by Crippen LogP contribution is 2.24. The van der Waals surface area contributed by atoms with E-state index in [0.717, 1.165) is 0 Å². The molecule has 2 nitrogen and oxygen atoms in total. The molecule has 0 aromatic heterocycles. The fourth-order valence-corrected chi connectivity index (χ4v) is 1.78. The predicted molar refractivity (Wildman–Crippen MR) is 64.4 cm³/mol. The van der Waals surface area contributed by atoms with Crippen LogP contribution in [0.4, 0.5) is 0 Å². The minimum atomic E-state index is -1.37. The van der Waals surface area contributed by atoms with Gasteiger partial charge in [-0.2, -0.15) is 0 Å². The lowest BCUT2D eigenvalue weighted by Gasteiger charge is -2.17. The Hall–Kier alpha value is -0.795. The Kier molecular flexibility index (Phi) is 3.94. The van der Waals surface area contributed by atoms with Crippen molar-refractivity contribution in [1.82, 2.24) is 0 Å². The van der Waals surface area contributed by atoms with Crippen LogP contribution in [0.15, 0.2) is 18.2 Å². The van der Waals surface area contributed by atoms with Crippen molar-refractivity contribution in [3.63, 3.8) is 0 Å². The van der Waals surface area contributed by atoms with Crippen LogP contribution in [0.25, 0.3) is 0 Å². The molecule has 1 rings (SSSR count). The maximum Gasteiger partial charge on any atom is 0.488 e. The Morgan fingerprint density at radius 2 is 1.47 bits per heavy atom. The topological polar surface area (TPSA) is 40.5 Å². The highest BCUT2D eigenvalue weighted by atomic mass is 16.4. The lowest BCUT2D eigenvalue weighted by Crippen LogP contribution is -2.30. The van der Waals surface area contributed by atoms with Crippen LogP contribution in [0.1, 0.15) is 50.7 Å². The molecule has 1 aromatic rings. The molecule has 0 spiro atoms. The third-order valence-corrected chi connectivity index (χ3v) is 2.65. The second-order valence-electron chi connectivity index (χ2n) is 4.57. The SMILES string of the molecule is CC(C)c1ccc(B(O)O)cc1C(C)C. The van der Waals surface area contributed by atoms with Crippen LogP contribution < -0.4 is 5.46 Å². The van der Waals surface area contributed by atoms with Crippen molar-refractivity contribution in [2.24, 2.45) is 0 Å². The Bertz CT molecular complexity index is 332. The second kappa shape index (κ2) is 4.82. The Morgan fingerprint density at radius 1 is 0.933 bits per heavy atom. The minimum Gasteiger partial charge on any atom is -0.423 e. The van der Waals surface area contributed by atoms with Crippen molar-refractivity contribution in [3.8, 4) is 0 Å². The van der Waals surface area contributed by atoms with Crippen LogP contribution in [0.5, 0.6) is 0 Å². The highest BCUT2D eigenvalue weighted by Gasteiger charge is 2.16. The molecule has 0 saturated carbocycles. The van der Waals surface area contributed by atoms with Gasteiger partial charge in [-0.3, -0.25) is 0 Å². The molecule has 0 atom stereocenters. The van der Waals surface area contributed by atoms with Crippen molar-refractivity contribution in [2.45, 2.75) is 39.5 Å². The summed E-state index contributed by atoms with van der Waals surface area (Å²) in [6.07, 6.45) is 0. The molecule has 0 saturated heterocycles. The molecule has 0 aliphatic heterocycles. The summed E-state index contributed by atoms with van der Waals surface area (Å²) in [4.78, 5) is 0. The summed E-state index contributed by atoms with van der Waals surface area (Å²) in [5.41, 5.74) is 3.06. The molecule has 1 aromatic carbocycles. The predicted octanol–water partition coefficient (Wildman–Crippen LogP) is 1.61. The first-order valence-corrected chi connectivity index (χ1v) is 5.43. The van der Waals surface area contributed by atoms with Gasteiger partial charge in [0.2, 0.25) is 0 Å². The molecule has 2 N–H and O–H groups in total. The molecule has 0 aliphatic carbocycles. The molecular weight excluding hydrogens is 187 g/mol. The van der Waals surface area contributed by atoms with E-state index in [-0.39, 0.29) is 0 Å². The van der Waals surface area contributed by atoms with Crippen LogP contribution in [-0.4, -0.2) is 17.2 Å². The summed E-state index contributed by atoms with van der Waals surface area (Å²) >= 11 is 0. The monoisotopic (exact) mass is 206 g/mol. The van der Waals surface area contributed by atoms with Gasteiger partial charge >= 0.3 is 7.12 Å². The largest absolute Gasteiger partial charge is 0.488 e. The summed E-state index contributed by atoms with van der Waals surface area (Å²) in [5, 5.41) is 18.2. The van der Waals surface area contributed by atoms with Gasteiger partial charge in [-0.05, 0) is 28.4 Å². The van der Waals surface area contributed by atoms with Crippen LogP contribution in [0, 0.1) is 0 Å². The number of benzene rings is 1. The third kappa shape index (κ3) is 2.83. The molecule has 0 fully saturated rings. The lowest BCUT2D eigenvalue weighted by atomic mass is 9.76. The van der Waals surface area contributed by atoms with E-state index in [0.29, 0.717) is 17.3 Å². The quantitative estimate of drug-likeness (QED) is 0.737. The van der Waals surface area contributed by atoms with E-state index >= 15 is 0 Å². The first-order valence-electron chi connectivity index (χ1n) is 5.43. The summed E-state index contributed by atoms with van der Waals surface area (Å²) in [7, 11) is -1.37. The van der Waals surface area contributed by atoms with Crippen molar-refractivity contribution < 1.29 is 10.0 Å². The fourth-order valence-electron chi connectivity index (χ4n) is 1.78. The Balaban J connectivity index is 3.21. The smallest absolute Gasteiger partial charge is 0.423 e. The van der Waals surface area contributed by atoms with Gasteiger partial charge in [0.15, 0.2) is 0 Å². The van der Waals surface area contributed by atoms with E-state index in [4.69, 9.17) is 10.0 Å². The van der Waals surface area contributed by atoms with Crippen molar-refractivity contribution >= 4 is 12.6 Å². The normalized spacial score (nSPS) is 11.2. The summed E-state index contributed by atoms with van der Waals surface area (Å²) in [5.74, 6) is 0.869. The Morgan fingerprint density at radius 3 is 1.87 bits per heavy atom. The van der Waals surface area contributed by atoms with Crippen LogP contribution in [0.3, 0.4) is 0 Å². The molecule has 0 radical (unpaired) electrons. The Labute approximate surface area is 92.1 Å². The summed E-state index contributed by atoms with van der Waals surface area (Å²) in [6.45, 7) is 8.54. The van der Waals surface area contributed by atoms with Gasteiger partial charge in [0.25, 0.3) is 0 Å². The fraction of sp³-hybridized carbons (Fsp3) is 0.500. The van der Waals surface area contributed by atoms with Crippen molar-refractivity contribution in [3.05, 3.63) is 29.3 Å². The van der Waals surface area contributed by atoms with Gasteiger partial charge in [-0.1, -0.05) is 45.9 Å². The molecule has 3 heteroatoms. The summed E-state index contributed by atoms with van der Waals surface area (Å²) < 4.78 is 0. The van der Waals surface area contributed by atoms with Gasteiger partial charge in [0, 0.05) is 0 Å². The average Bonchev–Trinajstić information content (AvgIpc) is 2.16. The molecule has 0 amide bonds. The maximum atomic E-state index is 9.11. The van der Waals surface area contributed by atoms with Gasteiger partial charge < -0.3 is 10.0 Å². The van der Waals surface area contributed by atoms with Crippen LogP contribution >= 0.6 is 0 Å². The number of hydrogen-bond acceptors (Lipinski definition) is 2. The van der Waals surface area contributed by atoms with Crippen molar-refractivity contribution in [1.29, 1.82) is 0 Å².